The Morgan fingerprint density at radius 3 is 2.50 bits per heavy atom. The highest BCUT2D eigenvalue weighted by Crippen LogP contribution is 2.25. The summed E-state index contributed by atoms with van der Waals surface area (Å²) >= 11 is 0. The van der Waals surface area contributed by atoms with Crippen molar-refractivity contribution in [3.05, 3.63) is 24.3 Å². The van der Waals surface area contributed by atoms with Crippen molar-refractivity contribution in [2.45, 2.75) is 12.3 Å². The summed E-state index contributed by atoms with van der Waals surface area (Å²) in [5.74, 6) is 0.712. The zero-order chi connectivity index (χ0) is 12.7. The van der Waals surface area contributed by atoms with E-state index in [4.69, 9.17) is 4.74 Å². The monoisotopic (exact) mass is 248 g/mol. The second-order valence-electron chi connectivity index (χ2n) is 4.06. The Bertz CT molecular complexity index is 502. The SMILES string of the molecule is COc1ccc(N2C(=O)N[C@H]3NC(=O)N[C@@H]32)cc1. The molecule has 4 amide bonds. The molecule has 2 fully saturated rings. The number of carbonyl (C=O) groups excluding carboxylic acids is 2. The number of nitrogens with zero attached hydrogens (tertiary/aromatic N) is 1. The number of amides is 4. The van der Waals surface area contributed by atoms with E-state index in [-0.39, 0.29) is 12.1 Å². The van der Waals surface area contributed by atoms with Crippen LogP contribution in [0.4, 0.5) is 15.3 Å². The van der Waals surface area contributed by atoms with E-state index in [1.807, 2.05) is 0 Å². The Balaban J connectivity index is 1.90. The highest BCUT2D eigenvalue weighted by atomic mass is 16.5. The first-order chi connectivity index (χ1) is 8.69. The lowest BCUT2D eigenvalue weighted by Crippen LogP contribution is -2.43. The molecule has 7 nitrogen and oxygen atoms in total. The number of methoxy groups -OCH3 is 1. The largest absolute Gasteiger partial charge is 0.497 e. The average Bonchev–Trinajstić information content (AvgIpc) is 2.84. The van der Waals surface area contributed by atoms with Crippen molar-refractivity contribution in [3.8, 4) is 5.75 Å². The van der Waals surface area contributed by atoms with Crippen molar-refractivity contribution < 1.29 is 14.3 Å². The standard InChI is InChI=1S/C11H12N4O3/c1-18-7-4-2-6(3-5-7)15-9-8(13-11(15)17)12-10(16)14-9/h2-5,8-9H,1H3,(H,13,17)(H2,12,14,16)/t8-,9-/m1/s1. The smallest absolute Gasteiger partial charge is 0.325 e. The van der Waals surface area contributed by atoms with Crippen LogP contribution in [-0.2, 0) is 0 Å². The van der Waals surface area contributed by atoms with Gasteiger partial charge in [0, 0.05) is 5.69 Å². The summed E-state index contributed by atoms with van der Waals surface area (Å²) in [5.41, 5.74) is 0.699. The van der Waals surface area contributed by atoms with Crippen LogP contribution in [0.25, 0.3) is 0 Å². The third-order valence-electron chi connectivity index (χ3n) is 3.01. The van der Waals surface area contributed by atoms with Gasteiger partial charge in [0.25, 0.3) is 0 Å². The molecule has 1 aromatic rings. The normalized spacial score (nSPS) is 25.3. The van der Waals surface area contributed by atoms with Gasteiger partial charge >= 0.3 is 12.1 Å². The first-order valence-corrected chi connectivity index (χ1v) is 5.50. The maximum atomic E-state index is 11.8. The summed E-state index contributed by atoms with van der Waals surface area (Å²) in [6.07, 6.45) is -0.800. The van der Waals surface area contributed by atoms with E-state index in [0.29, 0.717) is 11.4 Å². The lowest BCUT2D eigenvalue weighted by Gasteiger charge is -2.21. The number of benzene rings is 1. The molecule has 2 saturated heterocycles. The maximum Gasteiger partial charge on any atom is 0.325 e. The number of rotatable bonds is 2. The van der Waals surface area contributed by atoms with E-state index >= 15 is 0 Å². The third-order valence-corrected chi connectivity index (χ3v) is 3.01. The molecule has 0 unspecified atom stereocenters. The summed E-state index contributed by atoms with van der Waals surface area (Å²) < 4.78 is 5.06. The molecule has 2 aliphatic rings. The van der Waals surface area contributed by atoms with Gasteiger partial charge in [0.15, 0.2) is 6.17 Å². The predicted octanol–water partition coefficient (Wildman–Crippen LogP) is 0.190. The highest BCUT2D eigenvalue weighted by Gasteiger charge is 2.46. The fourth-order valence-electron chi connectivity index (χ4n) is 2.16. The van der Waals surface area contributed by atoms with Gasteiger partial charge in [-0.2, -0.15) is 0 Å². The van der Waals surface area contributed by atoms with E-state index in [9.17, 15) is 9.59 Å². The van der Waals surface area contributed by atoms with Crippen LogP contribution in [0.2, 0.25) is 0 Å². The highest BCUT2D eigenvalue weighted by molar-refractivity contribution is 5.98. The Hall–Kier alpha value is -2.44. The Labute approximate surface area is 103 Å². The van der Waals surface area contributed by atoms with Crippen LogP contribution < -0.4 is 25.6 Å². The van der Waals surface area contributed by atoms with Gasteiger partial charge in [-0.3, -0.25) is 4.90 Å². The van der Waals surface area contributed by atoms with Crippen LogP contribution in [0.5, 0.6) is 5.75 Å². The molecule has 7 heteroatoms. The number of hydrogen-bond acceptors (Lipinski definition) is 3. The lowest BCUT2D eigenvalue weighted by molar-refractivity contribution is 0.242. The van der Waals surface area contributed by atoms with Crippen molar-refractivity contribution in [3.63, 3.8) is 0 Å². The molecule has 0 aromatic heterocycles. The van der Waals surface area contributed by atoms with Crippen LogP contribution in [0.3, 0.4) is 0 Å². The minimum absolute atomic E-state index is 0.248. The van der Waals surface area contributed by atoms with Crippen molar-refractivity contribution in [2.75, 3.05) is 12.0 Å². The van der Waals surface area contributed by atoms with Crippen LogP contribution >= 0.6 is 0 Å². The molecule has 0 aliphatic carbocycles. The molecule has 0 spiro atoms. The Morgan fingerprint density at radius 2 is 1.83 bits per heavy atom. The first kappa shape index (κ1) is 10.7. The quantitative estimate of drug-likeness (QED) is 0.698. The molecule has 0 saturated carbocycles. The first-order valence-electron chi connectivity index (χ1n) is 5.50. The van der Waals surface area contributed by atoms with Gasteiger partial charge in [-0.05, 0) is 24.3 Å². The number of ether oxygens (including phenoxy) is 1. The van der Waals surface area contributed by atoms with Crippen LogP contribution in [0, 0.1) is 0 Å². The number of anilines is 1. The second kappa shape index (κ2) is 3.80. The topological polar surface area (TPSA) is 82.7 Å². The van der Waals surface area contributed by atoms with Gasteiger partial charge in [0.05, 0.1) is 7.11 Å². The zero-order valence-electron chi connectivity index (χ0n) is 9.64. The molecule has 3 N–H and O–H groups in total. The molecule has 2 aliphatic heterocycles. The van der Waals surface area contributed by atoms with Gasteiger partial charge in [-0.1, -0.05) is 0 Å². The van der Waals surface area contributed by atoms with Crippen LogP contribution in [0.15, 0.2) is 24.3 Å². The molecule has 2 heterocycles. The van der Waals surface area contributed by atoms with Gasteiger partial charge in [0.1, 0.15) is 11.9 Å². The Morgan fingerprint density at radius 1 is 1.11 bits per heavy atom. The van der Waals surface area contributed by atoms with Crippen molar-refractivity contribution in [1.29, 1.82) is 0 Å². The predicted molar refractivity (Wildman–Crippen MR) is 63.2 cm³/mol. The number of fused-ring (bicyclic) bond motifs is 1. The summed E-state index contributed by atoms with van der Waals surface area (Å²) in [5, 5.41) is 7.99. The van der Waals surface area contributed by atoms with Crippen LogP contribution in [-0.4, -0.2) is 31.5 Å². The van der Waals surface area contributed by atoms with E-state index in [0.717, 1.165) is 0 Å². The fraction of sp³-hybridized carbons (Fsp3) is 0.273. The number of hydrogen-bond donors (Lipinski definition) is 3. The van der Waals surface area contributed by atoms with Gasteiger partial charge in [-0.15, -0.1) is 0 Å². The Kier molecular flexibility index (Phi) is 2.26. The van der Waals surface area contributed by atoms with Crippen molar-refractivity contribution in [2.24, 2.45) is 0 Å². The summed E-state index contributed by atoms with van der Waals surface area (Å²) in [6, 6.07) is 6.53. The molecular formula is C11H12N4O3. The molecule has 0 bridgehead atoms. The summed E-state index contributed by atoms with van der Waals surface area (Å²) in [4.78, 5) is 24.6. The number of nitrogens with one attached hydrogen (secondary N) is 3. The van der Waals surface area contributed by atoms with Crippen LogP contribution in [0.1, 0.15) is 0 Å². The average molecular weight is 248 g/mol. The zero-order valence-corrected chi connectivity index (χ0v) is 9.64. The molecule has 3 rings (SSSR count). The molecular weight excluding hydrogens is 236 g/mol. The summed E-state index contributed by atoms with van der Waals surface area (Å²) in [6.45, 7) is 0. The molecule has 0 radical (unpaired) electrons. The van der Waals surface area contributed by atoms with E-state index in [1.54, 1.807) is 31.4 Å². The number of urea groups is 2. The maximum absolute atomic E-state index is 11.8. The van der Waals surface area contributed by atoms with Crippen molar-refractivity contribution >= 4 is 17.7 Å². The second-order valence-corrected chi connectivity index (χ2v) is 4.06. The molecule has 2 atom stereocenters. The summed E-state index contributed by atoms with van der Waals surface area (Å²) in [7, 11) is 1.58. The lowest BCUT2D eigenvalue weighted by atomic mass is 10.2. The fourth-order valence-corrected chi connectivity index (χ4v) is 2.16. The van der Waals surface area contributed by atoms with Gasteiger partial charge in [0.2, 0.25) is 0 Å². The van der Waals surface area contributed by atoms with Gasteiger partial charge < -0.3 is 20.7 Å². The molecule has 1 aromatic carbocycles. The third kappa shape index (κ3) is 1.52. The van der Waals surface area contributed by atoms with E-state index < -0.39 is 12.3 Å². The molecule has 94 valence electrons. The van der Waals surface area contributed by atoms with Crippen molar-refractivity contribution in [1.82, 2.24) is 16.0 Å². The van der Waals surface area contributed by atoms with E-state index in [2.05, 4.69) is 16.0 Å². The number of carbonyl (C=O) groups is 2. The minimum atomic E-state index is -0.404. The molecule has 18 heavy (non-hydrogen) atoms. The van der Waals surface area contributed by atoms with Gasteiger partial charge in [-0.25, -0.2) is 9.59 Å². The van der Waals surface area contributed by atoms with E-state index in [1.165, 1.54) is 4.90 Å². The minimum Gasteiger partial charge on any atom is -0.497 e.